The van der Waals surface area contributed by atoms with Crippen molar-refractivity contribution in [1.29, 1.82) is 0 Å². The van der Waals surface area contributed by atoms with Crippen LogP contribution in [0.4, 0.5) is 0 Å². The van der Waals surface area contributed by atoms with Crippen LogP contribution in [0.15, 0.2) is 0 Å². The average molecular weight is 114 g/mol. The first-order chi connectivity index (χ1) is 3.84. The van der Waals surface area contributed by atoms with Gasteiger partial charge in [-0.05, 0) is 19.3 Å². The lowest BCUT2D eigenvalue weighted by atomic mass is 10.0. The normalized spacial score (nSPS) is 38.2. The minimum Gasteiger partial charge on any atom is -0.378 e. The van der Waals surface area contributed by atoms with Gasteiger partial charge in [0.25, 0.3) is 0 Å². The molecule has 0 aliphatic carbocycles. The second-order valence-electron chi connectivity index (χ2n) is 2.53. The van der Waals surface area contributed by atoms with Gasteiger partial charge in [-0.1, -0.05) is 13.3 Å². The topological polar surface area (TPSA) is 9.23 Å². The Bertz CT molecular complexity index is 70.8. The number of hydrogen-bond donors (Lipinski definition) is 0. The summed E-state index contributed by atoms with van der Waals surface area (Å²) in [6.07, 6.45) is 3.08. The fraction of sp³-hybridized carbons (Fsp3) is 1.00. The van der Waals surface area contributed by atoms with Crippen LogP contribution >= 0.6 is 0 Å². The molecule has 1 nitrogen and oxygen atoms in total. The van der Waals surface area contributed by atoms with Crippen LogP contribution in [0, 0.1) is 5.92 Å². The molecule has 0 spiro atoms. The van der Waals surface area contributed by atoms with E-state index in [1.165, 1.54) is 12.8 Å². The molecule has 0 unspecified atom stereocenters. The van der Waals surface area contributed by atoms with Crippen LogP contribution in [0.5, 0.6) is 0 Å². The first-order valence-corrected chi connectivity index (χ1v) is 3.46. The molecule has 0 N–H and O–H groups in total. The lowest BCUT2D eigenvalue weighted by molar-refractivity contribution is 0.105. The molecule has 0 bridgehead atoms. The quantitative estimate of drug-likeness (QED) is 0.505. The first-order valence-electron chi connectivity index (χ1n) is 3.46. The van der Waals surface area contributed by atoms with Gasteiger partial charge in [-0.2, -0.15) is 0 Å². The summed E-state index contributed by atoms with van der Waals surface area (Å²) in [5, 5.41) is 0. The highest BCUT2D eigenvalue weighted by atomic mass is 16.5. The van der Waals surface area contributed by atoms with E-state index in [9.17, 15) is 0 Å². The van der Waals surface area contributed by atoms with Gasteiger partial charge in [-0.15, -0.1) is 0 Å². The van der Waals surface area contributed by atoms with Crippen molar-refractivity contribution in [2.24, 2.45) is 5.92 Å². The van der Waals surface area contributed by atoms with Crippen LogP contribution in [-0.2, 0) is 4.74 Å². The molecular formula is C7H14O. The van der Waals surface area contributed by atoms with Crippen LogP contribution in [0.1, 0.15) is 26.7 Å². The molecule has 1 fully saturated rings. The summed E-state index contributed by atoms with van der Waals surface area (Å²) in [7, 11) is 0. The van der Waals surface area contributed by atoms with Gasteiger partial charge >= 0.3 is 0 Å². The zero-order chi connectivity index (χ0) is 5.98. The van der Waals surface area contributed by atoms with E-state index in [1.54, 1.807) is 0 Å². The van der Waals surface area contributed by atoms with Gasteiger partial charge in [0.2, 0.25) is 0 Å². The molecule has 0 amide bonds. The van der Waals surface area contributed by atoms with Gasteiger partial charge in [-0.3, -0.25) is 0 Å². The minimum absolute atomic E-state index is 0.528. The van der Waals surface area contributed by atoms with Gasteiger partial charge < -0.3 is 4.74 Å². The van der Waals surface area contributed by atoms with E-state index in [0.29, 0.717) is 6.10 Å². The molecule has 1 heteroatoms. The second kappa shape index (κ2) is 2.49. The Morgan fingerprint density at radius 3 is 2.62 bits per heavy atom. The molecule has 8 heavy (non-hydrogen) atoms. The third kappa shape index (κ3) is 1.03. The smallest absolute Gasteiger partial charge is 0.0575 e. The van der Waals surface area contributed by atoms with E-state index in [1.807, 2.05) is 0 Å². The Morgan fingerprint density at radius 1 is 1.62 bits per heavy atom. The Kier molecular flexibility index (Phi) is 1.90. The fourth-order valence-corrected chi connectivity index (χ4v) is 1.31. The zero-order valence-corrected chi connectivity index (χ0v) is 5.68. The predicted molar refractivity (Wildman–Crippen MR) is 33.8 cm³/mol. The van der Waals surface area contributed by atoms with Crippen molar-refractivity contribution in [2.75, 3.05) is 6.61 Å². The Balaban J connectivity index is 2.30. The largest absolute Gasteiger partial charge is 0.378 e. The Morgan fingerprint density at radius 2 is 2.38 bits per heavy atom. The molecule has 1 heterocycles. The van der Waals surface area contributed by atoms with Gasteiger partial charge in [0.15, 0.2) is 0 Å². The van der Waals surface area contributed by atoms with Crippen LogP contribution in [0.25, 0.3) is 0 Å². The highest BCUT2D eigenvalue weighted by Gasteiger charge is 2.21. The first kappa shape index (κ1) is 6.09. The van der Waals surface area contributed by atoms with Crippen molar-refractivity contribution < 1.29 is 4.74 Å². The van der Waals surface area contributed by atoms with Crippen molar-refractivity contribution in [2.45, 2.75) is 32.8 Å². The molecule has 0 radical (unpaired) electrons. The molecule has 1 aliphatic heterocycles. The third-order valence-electron chi connectivity index (χ3n) is 2.06. The number of hydrogen-bond acceptors (Lipinski definition) is 1. The van der Waals surface area contributed by atoms with E-state index in [-0.39, 0.29) is 0 Å². The van der Waals surface area contributed by atoms with Crippen molar-refractivity contribution in [1.82, 2.24) is 0 Å². The molecule has 1 saturated heterocycles. The number of rotatable bonds is 1. The van der Waals surface area contributed by atoms with Crippen LogP contribution in [0.2, 0.25) is 0 Å². The lowest BCUT2D eigenvalue weighted by Crippen LogP contribution is -2.09. The molecular weight excluding hydrogens is 100 g/mol. The molecule has 0 aromatic carbocycles. The van der Waals surface area contributed by atoms with Crippen molar-refractivity contribution in [3.63, 3.8) is 0 Å². The van der Waals surface area contributed by atoms with Gasteiger partial charge in [0, 0.05) is 6.61 Å². The lowest BCUT2D eigenvalue weighted by Gasteiger charge is -2.09. The maximum atomic E-state index is 5.36. The van der Waals surface area contributed by atoms with Crippen molar-refractivity contribution >= 4 is 0 Å². The van der Waals surface area contributed by atoms with Gasteiger partial charge in [0.05, 0.1) is 6.10 Å². The monoisotopic (exact) mass is 114 g/mol. The summed E-state index contributed by atoms with van der Waals surface area (Å²) in [6, 6.07) is 0. The van der Waals surface area contributed by atoms with E-state index in [2.05, 4.69) is 13.8 Å². The Hall–Kier alpha value is -0.0400. The fourth-order valence-electron chi connectivity index (χ4n) is 1.31. The van der Waals surface area contributed by atoms with Gasteiger partial charge in [-0.25, -0.2) is 0 Å². The maximum Gasteiger partial charge on any atom is 0.0575 e. The van der Waals surface area contributed by atoms with E-state index in [0.717, 1.165) is 12.5 Å². The van der Waals surface area contributed by atoms with E-state index < -0.39 is 0 Å². The summed E-state index contributed by atoms with van der Waals surface area (Å²) < 4.78 is 5.36. The summed E-state index contributed by atoms with van der Waals surface area (Å²) in [6.45, 7) is 5.39. The standard InChI is InChI=1S/C7H14O/c1-3-7-4-5-8-6(7)2/h6-7H,3-5H2,1-2H3/t6-,7-/m0/s1. The molecule has 1 rings (SSSR count). The van der Waals surface area contributed by atoms with Gasteiger partial charge in [0.1, 0.15) is 0 Å². The van der Waals surface area contributed by atoms with Crippen LogP contribution in [-0.4, -0.2) is 12.7 Å². The highest BCUT2D eigenvalue weighted by Crippen LogP contribution is 2.22. The molecule has 1 aliphatic rings. The van der Waals surface area contributed by atoms with Crippen LogP contribution < -0.4 is 0 Å². The summed E-state index contributed by atoms with van der Waals surface area (Å²) in [4.78, 5) is 0. The summed E-state index contributed by atoms with van der Waals surface area (Å²) in [5.74, 6) is 0.843. The zero-order valence-electron chi connectivity index (χ0n) is 5.68. The summed E-state index contributed by atoms with van der Waals surface area (Å²) >= 11 is 0. The molecule has 0 saturated carbocycles. The molecule has 48 valence electrons. The third-order valence-corrected chi connectivity index (χ3v) is 2.06. The second-order valence-corrected chi connectivity index (χ2v) is 2.53. The van der Waals surface area contributed by atoms with Crippen molar-refractivity contribution in [3.8, 4) is 0 Å². The summed E-state index contributed by atoms with van der Waals surface area (Å²) in [5.41, 5.74) is 0. The Labute approximate surface area is 51.0 Å². The van der Waals surface area contributed by atoms with E-state index >= 15 is 0 Å². The molecule has 0 aromatic rings. The minimum atomic E-state index is 0.528. The SMILES string of the molecule is CC[C@H]1CCO[C@H]1C. The van der Waals surface area contributed by atoms with E-state index in [4.69, 9.17) is 4.74 Å². The highest BCUT2D eigenvalue weighted by molar-refractivity contribution is 4.70. The van der Waals surface area contributed by atoms with Crippen molar-refractivity contribution in [3.05, 3.63) is 0 Å². The van der Waals surface area contributed by atoms with Crippen LogP contribution in [0.3, 0.4) is 0 Å². The molecule has 2 atom stereocenters. The maximum absolute atomic E-state index is 5.36. The number of ether oxygens (including phenoxy) is 1. The molecule has 0 aromatic heterocycles. The average Bonchev–Trinajstić information content (AvgIpc) is 2.14. The predicted octanol–water partition coefficient (Wildman–Crippen LogP) is 1.82.